The van der Waals surface area contributed by atoms with Crippen LogP contribution in [-0.2, 0) is 0 Å². The number of oxazole rings is 1. The molecule has 1 aromatic heterocycles. The van der Waals surface area contributed by atoms with Gasteiger partial charge in [0.1, 0.15) is 5.35 Å². The van der Waals surface area contributed by atoms with E-state index in [4.69, 9.17) is 9.40 Å². The molecule has 2 aliphatic rings. The van der Waals surface area contributed by atoms with Crippen molar-refractivity contribution in [2.75, 3.05) is 4.90 Å². The van der Waals surface area contributed by atoms with Crippen LogP contribution >= 0.6 is 0 Å². The van der Waals surface area contributed by atoms with E-state index in [1.54, 1.807) is 0 Å². The maximum absolute atomic E-state index is 6.19. The average molecular weight is 567 g/mol. The Morgan fingerprint density at radius 2 is 1.11 bits per heavy atom. The van der Waals surface area contributed by atoms with Crippen LogP contribution in [0.2, 0.25) is 0 Å². The van der Waals surface area contributed by atoms with Gasteiger partial charge in [-0.2, -0.15) is 0 Å². The van der Waals surface area contributed by atoms with Crippen molar-refractivity contribution >= 4 is 34.3 Å². The summed E-state index contributed by atoms with van der Waals surface area (Å²) < 4.78 is 6.19. The number of fused-ring (bicyclic) bond motifs is 2. The van der Waals surface area contributed by atoms with Crippen LogP contribution < -0.4 is 15.7 Å². The largest absolute Gasteiger partial charge is 0.436 e. The predicted molar refractivity (Wildman–Crippen MR) is 181 cm³/mol. The van der Waals surface area contributed by atoms with Crippen molar-refractivity contribution in [3.8, 4) is 22.6 Å². The first kappa shape index (κ1) is 26.0. The second-order valence-electron chi connectivity index (χ2n) is 11.2. The van der Waals surface area contributed by atoms with E-state index in [9.17, 15) is 0 Å². The summed E-state index contributed by atoms with van der Waals surface area (Å²) in [6.07, 6.45) is 9.93. The summed E-state index contributed by atoms with van der Waals surface area (Å²) in [4.78, 5) is 7.25. The summed E-state index contributed by atoms with van der Waals surface area (Å²) in [5, 5.41) is 0.952. The molecule has 2 aliphatic carbocycles. The van der Waals surface area contributed by atoms with E-state index in [-0.39, 0.29) is 0 Å². The minimum absolute atomic E-state index is 0.312. The van der Waals surface area contributed by atoms with Gasteiger partial charge in [-0.3, -0.25) is 0 Å². The van der Waals surface area contributed by atoms with Gasteiger partial charge >= 0.3 is 0 Å². The standard InChI is InChI=1S/C41H30N2O/c1-4-10-29(11-5-1)30-18-23-36(24-19-30)43(35-14-8-3-9-15-35)37-25-20-31(21-26-37)34-17-16-32-22-27-39-40(38(32)28-34)42-41(44-39)33-12-6-2-7-13-33/h1-21,23-28,32H,22H2. The SMILES string of the molecule is C1=CC2CC=c3oc(-c4ccccc4)nc3=C2C=C1c1ccc(N(c2ccccc2)c2ccc(-c3ccccc3)cc2)cc1. The van der Waals surface area contributed by atoms with E-state index in [1.165, 1.54) is 27.8 Å². The summed E-state index contributed by atoms with van der Waals surface area (Å²) in [7, 11) is 0. The summed E-state index contributed by atoms with van der Waals surface area (Å²) >= 11 is 0. The molecule has 0 spiro atoms. The molecule has 1 unspecified atom stereocenters. The van der Waals surface area contributed by atoms with Gasteiger partial charge in [0.15, 0.2) is 5.42 Å². The molecule has 0 fully saturated rings. The molecule has 0 saturated heterocycles. The van der Waals surface area contributed by atoms with E-state index >= 15 is 0 Å². The lowest BCUT2D eigenvalue weighted by atomic mass is 9.84. The van der Waals surface area contributed by atoms with E-state index in [1.807, 2.05) is 30.3 Å². The van der Waals surface area contributed by atoms with Crippen molar-refractivity contribution in [2.24, 2.45) is 5.92 Å². The van der Waals surface area contributed by atoms with Gasteiger partial charge < -0.3 is 9.32 Å². The molecule has 1 heterocycles. The molecule has 0 amide bonds. The lowest BCUT2D eigenvalue weighted by Crippen LogP contribution is -2.31. The third kappa shape index (κ3) is 4.89. The van der Waals surface area contributed by atoms with Gasteiger partial charge in [0.25, 0.3) is 0 Å². The molecule has 3 nitrogen and oxygen atoms in total. The summed E-state index contributed by atoms with van der Waals surface area (Å²) in [6.45, 7) is 0. The fraction of sp³-hybridized carbons (Fsp3) is 0.0488. The van der Waals surface area contributed by atoms with Gasteiger partial charge in [-0.05, 0) is 94.9 Å². The van der Waals surface area contributed by atoms with Gasteiger partial charge in [-0.15, -0.1) is 0 Å². The Labute approximate surface area is 257 Å². The number of hydrogen-bond acceptors (Lipinski definition) is 3. The molecule has 210 valence electrons. The van der Waals surface area contributed by atoms with Crippen molar-refractivity contribution in [3.05, 3.63) is 174 Å². The monoisotopic (exact) mass is 566 g/mol. The number of benzene rings is 5. The second kappa shape index (κ2) is 11.2. The second-order valence-corrected chi connectivity index (χ2v) is 11.2. The number of hydrogen-bond donors (Lipinski definition) is 0. The minimum atomic E-state index is 0.312. The maximum Gasteiger partial charge on any atom is 0.227 e. The lowest BCUT2D eigenvalue weighted by molar-refractivity contribution is 0.535. The zero-order chi connectivity index (χ0) is 29.3. The molecule has 44 heavy (non-hydrogen) atoms. The van der Waals surface area contributed by atoms with Crippen LogP contribution in [0.1, 0.15) is 12.0 Å². The van der Waals surface area contributed by atoms with E-state index in [0.29, 0.717) is 11.8 Å². The molecular weight excluding hydrogens is 536 g/mol. The number of anilines is 3. The maximum atomic E-state index is 6.19. The predicted octanol–water partition coefficient (Wildman–Crippen LogP) is 9.08. The Kier molecular flexibility index (Phi) is 6.62. The van der Waals surface area contributed by atoms with Gasteiger partial charge in [0.05, 0.1) is 0 Å². The third-order valence-electron chi connectivity index (χ3n) is 8.43. The topological polar surface area (TPSA) is 29.3 Å². The van der Waals surface area contributed by atoms with Crippen molar-refractivity contribution < 1.29 is 4.42 Å². The molecule has 0 saturated carbocycles. The van der Waals surface area contributed by atoms with Gasteiger partial charge in [-0.1, -0.05) is 103 Å². The zero-order valence-electron chi connectivity index (χ0n) is 24.2. The van der Waals surface area contributed by atoms with Crippen LogP contribution in [-0.4, -0.2) is 4.98 Å². The van der Waals surface area contributed by atoms with E-state index in [2.05, 4.69) is 138 Å². The molecule has 1 atom stereocenters. The third-order valence-corrected chi connectivity index (χ3v) is 8.43. The average Bonchev–Trinajstić information content (AvgIpc) is 3.56. The molecule has 3 heteroatoms. The van der Waals surface area contributed by atoms with Crippen molar-refractivity contribution in [1.29, 1.82) is 0 Å². The highest BCUT2D eigenvalue weighted by Crippen LogP contribution is 2.37. The summed E-state index contributed by atoms with van der Waals surface area (Å²) in [6, 6.07) is 48.8. The molecule has 0 aliphatic heterocycles. The first-order valence-corrected chi connectivity index (χ1v) is 15.1. The Morgan fingerprint density at radius 1 is 0.568 bits per heavy atom. The Bertz CT molecular complexity index is 2110. The number of nitrogens with zero attached hydrogens (tertiary/aromatic N) is 2. The van der Waals surface area contributed by atoms with Crippen LogP contribution in [0.4, 0.5) is 17.1 Å². The van der Waals surface area contributed by atoms with Crippen LogP contribution in [0.25, 0.3) is 39.8 Å². The molecule has 0 bridgehead atoms. The van der Waals surface area contributed by atoms with Crippen LogP contribution in [0, 0.1) is 5.92 Å². The van der Waals surface area contributed by atoms with Crippen molar-refractivity contribution in [3.63, 3.8) is 0 Å². The Morgan fingerprint density at radius 3 is 1.77 bits per heavy atom. The fourth-order valence-corrected chi connectivity index (χ4v) is 6.15. The van der Waals surface area contributed by atoms with Crippen LogP contribution in [0.5, 0.6) is 0 Å². The Balaban J connectivity index is 1.14. The summed E-state index contributed by atoms with van der Waals surface area (Å²) in [5.41, 5.74) is 11.2. The Hall–Kier alpha value is -5.67. The molecule has 6 aromatic rings. The first-order chi connectivity index (χ1) is 21.8. The van der Waals surface area contributed by atoms with Crippen molar-refractivity contribution in [2.45, 2.75) is 6.42 Å². The smallest absolute Gasteiger partial charge is 0.227 e. The molecule has 8 rings (SSSR count). The van der Waals surface area contributed by atoms with Gasteiger partial charge in [0, 0.05) is 28.5 Å². The highest BCUT2D eigenvalue weighted by molar-refractivity contribution is 5.87. The highest BCUT2D eigenvalue weighted by atomic mass is 16.3. The highest BCUT2D eigenvalue weighted by Gasteiger charge is 2.22. The minimum Gasteiger partial charge on any atom is -0.436 e. The lowest BCUT2D eigenvalue weighted by Gasteiger charge is -2.26. The van der Waals surface area contributed by atoms with E-state index < -0.39 is 0 Å². The number of aromatic nitrogens is 1. The van der Waals surface area contributed by atoms with Gasteiger partial charge in [-0.25, -0.2) is 4.98 Å². The number of para-hydroxylation sites is 1. The summed E-state index contributed by atoms with van der Waals surface area (Å²) in [5.74, 6) is 0.985. The molecule has 0 N–H and O–H groups in total. The number of allylic oxidation sites excluding steroid dienone is 4. The number of rotatable bonds is 6. The fourth-order valence-electron chi connectivity index (χ4n) is 6.15. The molecule has 5 aromatic carbocycles. The molecular formula is C41H30N2O. The quantitative estimate of drug-likeness (QED) is 0.201. The first-order valence-electron chi connectivity index (χ1n) is 15.1. The van der Waals surface area contributed by atoms with Gasteiger partial charge in [0.2, 0.25) is 5.89 Å². The van der Waals surface area contributed by atoms with Crippen LogP contribution in [0.3, 0.4) is 0 Å². The van der Waals surface area contributed by atoms with Crippen molar-refractivity contribution in [1.82, 2.24) is 4.98 Å². The molecule has 0 radical (unpaired) electrons. The van der Waals surface area contributed by atoms with E-state index in [0.717, 1.165) is 39.8 Å². The normalized spacial score (nSPS) is 15.1. The zero-order valence-corrected chi connectivity index (χ0v) is 24.2. The van der Waals surface area contributed by atoms with Crippen LogP contribution in [0.15, 0.2) is 162 Å².